The van der Waals surface area contributed by atoms with Crippen LogP contribution in [-0.2, 0) is 22.4 Å². The van der Waals surface area contributed by atoms with E-state index in [1.54, 1.807) is 11.9 Å². The Morgan fingerprint density at radius 1 is 1.16 bits per heavy atom. The first-order chi connectivity index (χ1) is 11.8. The summed E-state index contributed by atoms with van der Waals surface area (Å²) in [5.41, 5.74) is 6.97. The first-order valence-corrected chi connectivity index (χ1v) is 9.31. The van der Waals surface area contributed by atoms with E-state index >= 15 is 0 Å². The molecule has 8 heteroatoms. The minimum absolute atomic E-state index is 0.0605. The maximum absolute atomic E-state index is 12.3. The van der Waals surface area contributed by atoms with Crippen LogP contribution < -0.4 is 16.4 Å². The number of likely N-dealkylation sites (N-methyl/N-ethyl adjacent to an activating group) is 1. The standard InChI is InChI=1S/C17H26N4O3S/c1-10(2)19-13(22)8-21(3)9-14(23)20-17-15(16(18)24)11-6-4-5-7-12(11)25-17/h10H,4-9H2,1-3H3,(H2,18,24)(H,19,22)(H,20,23). The quantitative estimate of drug-likeness (QED) is 0.672. The second kappa shape index (κ2) is 8.44. The number of nitrogens with one attached hydrogen (secondary N) is 2. The molecule has 1 aliphatic rings. The highest BCUT2D eigenvalue weighted by Gasteiger charge is 2.25. The molecule has 1 aromatic rings. The molecule has 0 aromatic carbocycles. The number of carbonyl (C=O) groups excluding carboxylic acids is 3. The molecule has 0 unspecified atom stereocenters. The molecule has 0 saturated carbocycles. The molecule has 1 aromatic heterocycles. The van der Waals surface area contributed by atoms with Gasteiger partial charge in [0.2, 0.25) is 11.8 Å². The number of carbonyl (C=O) groups is 3. The third-order valence-electron chi connectivity index (χ3n) is 3.95. The van der Waals surface area contributed by atoms with Crippen LogP contribution in [0.15, 0.2) is 0 Å². The van der Waals surface area contributed by atoms with Gasteiger partial charge in [0.25, 0.3) is 5.91 Å². The number of anilines is 1. The summed E-state index contributed by atoms with van der Waals surface area (Å²) in [6.45, 7) is 3.96. The van der Waals surface area contributed by atoms with Gasteiger partial charge in [-0.3, -0.25) is 19.3 Å². The van der Waals surface area contributed by atoms with Crippen molar-refractivity contribution >= 4 is 34.1 Å². The fourth-order valence-electron chi connectivity index (χ4n) is 2.99. The predicted octanol–water partition coefficient (Wildman–Crippen LogP) is 1.12. The van der Waals surface area contributed by atoms with Gasteiger partial charge in [0, 0.05) is 10.9 Å². The lowest BCUT2D eigenvalue weighted by Crippen LogP contribution is -2.41. The van der Waals surface area contributed by atoms with E-state index in [9.17, 15) is 14.4 Å². The molecule has 25 heavy (non-hydrogen) atoms. The number of nitrogens with zero attached hydrogens (tertiary/aromatic N) is 1. The van der Waals surface area contributed by atoms with E-state index in [4.69, 9.17) is 5.73 Å². The molecule has 3 amide bonds. The van der Waals surface area contributed by atoms with E-state index in [-0.39, 0.29) is 30.9 Å². The van der Waals surface area contributed by atoms with Crippen LogP contribution >= 0.6 is 11.3 Å². The normalized spacial score (nSPS) is 13.6. The van der Waals surface area contributed by atoms with Gasteiger partial charge in [0.05, 0.1) is 18.7 Å². The third kappa shape index (κ3) is 5.27. The molecule has 0 atom stereocenters. The molecule has 0 fully saturated rings. The van der Waals surface area contributed by atoms with Crippen LogP contribution in [0.3, 0.4) is 0 Å². The maximum atomic E-state index is 12.3. The van der Waals surface area contributed by atoms with Crippen molar-refractivity contribution in [2.45, 2.75) is 45.6 Å². The van der Waals surface area contributed by atoms with Crippen LogP contribution in [0.25, 0.3) is 0 Å². The van der Waals surface area contributed by atoms with Crippen molar-refractivity contribution in [1.29, 1.82) is 0 Å². The zero-order valence-corrected chi connectivity index (χ0v) is 15.8. The number of hydrogen-bond donors (Lipinski definition) is 3. The van der Waals surface area contributed by atoms with Gasteiger partial charge < -0.3 is 16.4 Å². The van der Waals surface area contributed by atoms with Gasteiger partial charge in [-0.15, -0.1) is 11.3 Å². The SMILES string of the molecule is CC(C)NC(=O)CN(C)CC(=O)Nc1sc2c(c1C(N)=O)CCCC2. The average molecular weight is 366 g/mol. The van der Waals surface area contributed by atoms with E-state index in [1.807, 2.05) is 13.8 Å². The number of aryl methyl sites for hydroxylation is 1. The Balaban J connectivity index is 2.00. The number of fused-ring (bicyclic) bond motifs is 1. The topological polar surface area (TPSA) is 105 Å². The zero-order chi connectivity index (χ0) is 18.6. The maximum Gasteiger partial charge on any atom is 0.251 e. The van der Waals surface area contributed by atoms with Crippen LogP contribution in [0.2, 0.25) is 0 Å². The molecule has 0 aliphatic heterocycles. The molecular formula is C17H26N4O3S. The summed E-state index contributed by atoms with van der Waals surface area (Å²) in [5.74, 6) is -0.893. The molecule has 2 rings (SSSR count). The molecule has 1 heterocycles. The van der Waals surface area contributed by atoms with Gasteiger partial charge in [-0.05, 0) is 52.1 Å². The number of primary amides is 1. The van der Waals surface area contributed by atoms with Crippen LogP contribution in [0.4, 0.5) is 5.00 Å². The number of thiophene rings is 1. The summed E-state index contributed by atoms with van der Waals surface area (Å²) < 4.78 is 0. The van der Waals surface area contributed by atoms with E-state index in [1.165, 1.54) is 11.3 Å². The van der Waals surface area contributed by atoms with Gasteiger partial charge >= 0.3 is 0 Å². The van der Waals surface area contributed by atoms with Crippen molar-refractivity contribution in [2.24, 2.45) is 5.73 Å². The third-order valence-corrected chi connectivity index (χ3v) is 5.15. The highest BCUT2D eigenvalue weighted by Crippen LogP contribution is 2.37. The highest BCUT2D eigenvalue weighted by molar-refractivity contribution is 7.17. The van der Waals surface area contributed by atoms with E-state index in [2.05, 4.69) is 10.6 Å². The smallest absolute Gasteiger partial charge is 0.251 e. The molecule has 4 N–H and O–H groups in total. The Morgan fingerprint density at radius 3 is 2.44 bits per heavy atom. The lowest BCUT2D eigenvalue weighted by Gasteiger charge is -2.17. The van der Waals surface area contributed by atoms with Crippen LogP contribution in [0.5, 0.6) is 0 Å². The fraction of sp³-hybridized carbons (Fsp3) is 0.588. The number of rotatable bonds is 7. The highest BCUT2D eigenvalue weighted by atomic mass is 32.1. The van der Waals surface area contributed by atoms with Gasteiger partial charge in [-0.2, -0.15) is 0 Å². The zero-order valence-electron chi connectivity index (χ0n) is 15.0. The molecule has 0 spiro atoms. The van der Waals surface area contributed by atoms with Gasteiger partial charge in [-0.25, -0.2) is 0 Å². The lowest BCUT2D eigenvalue weighted by atomic mass is 9.95. The Labute approximate surface area is 151 Å². The van der Waals surface area contributed by atoms with Gasteiger partial charge in [0.15, 0.2) is 0 Å². The molecule has 1 aliphatic carbocycles. The summed E-state index contributed by atoms with van der Waals surface area (Å²) in [5, 5.41) is 6.11. The first-order valence-electron chi connectivity index (χ1n) is 8.50. The second-order valence-corrected chi connectivity index (χ2v) is 7.83. The number of nitrogens with two attached hydrogens (primary N) is 1. The summed E-state index contributed by atoms with van der Waals surface area (Å²) in [7, 11) is 1.70. The minimum atomic E-state index is -0.501. The van der Waals surface area contributed by atoms with E-state index in [0.29, 0.717) is 10.6 Å². The molecule has 7 nitrogen and oxygen atoms in total. The van der Waals surface area contributed by atoms with E-state index < -0.39 is 5.91 Å². The van der Waals surface area contributed by atoms with Crippen LogP contribution in [0, 0.1) is 0 Å². The number of hydrogen-bond acceptors (Lipinski definition) is 5. The summed E-state index contributed by atoms with van der Waals surface area (Å²) >= 11 is 1.44. The monoisotopic (exact) mass is 366 g/mol. The van der Waals surface area contributed by atoms with Crippen molar-refractivity contribution in [1.82, 2.24) is 10.2 Å². The molecule has 0 radical (unpaired) electrons. The van der Waals surface area contributed by atoms with Crippen LogP contribution in [-0.4, -0.2) is 48.8 Å². The van der Waals surface area contributed by atoms with Crippen molar-refractivity contribution in [2.75, 3.05) is 25.5 Å². The lowest BCUT2D eigenvalue weighted by molar-refractivity contribution is -0.123. The largest absolute Gasteiger partial charge is 0.365 e. The Bertz CT molecular complexity index is 669. The molecule has 0 bridgehead atoms. The summed E-state index contributed by atoms with van der Waals surface area (Å²) in [6.07, 6.45) is 3.87. The summed E-state index contributed by atoms with van der Waals surface area (Å²) in [6, 6.07) is 0.0605. The van der Waals surface area contributed by atoms with Gasteiger partial charge in [0.1, 0.15) is 5.00 Å². The molecule has 138 valence electrons. The van der Waals surface area contributed by atoms with Crippen molar-refractivity contribution < 1.29 is 14.4 Å². The number of amides is 3. The van der Waals surface area contributed by atoms with E-state index in [0.717, 1.165) is 36.1 Å². The van der Waals surface area contributed by atoms with Gasteiger partial charge in [-0.1, -0.05) is 0 Å². The summed E-state index contributed by atoms with van der Waals surface area (Å²) in [4.78, 5) is 38.6. The Hall–Kier alpha value is -1.93. The van der Waals surface area contributed by atoms with Crippen LogP contribution in [0.1, 0.15) is 47.5 Å². The minimum Gasteiger partial charge on any atom is -0.365 e. The first kappa shape index (κ1) is 19.4. The second-order valence-electron chi connectivity index (χ2n) is 6.72. The Morgan fingerprint density at radius 2 is 1.80 bits per heavy atom. The average Bonchev–Trinajstić information content (AvgIpc) is 2.83. The molecular weight excluding hydrogens is 340 g/mol. The Kier molecular flexibility index (Phi) is 6.55. The van der Waals surface area contributed by atoms with Crippen molar-refractivity contribution in [3.63, 3.8) is 0 Å². The molecule has 0 saturated heterocycles. The predicted molar refractivity (Wildman–Crippen MR) is 98.9 cm³/mol. The van der Waals surface area contributed by atoms with Crippen molar-refractivity contribution in [3.8, 4) is 0 Å². The van der Waals surface area contributed by atoms with Crippen molar-refractivity contribution in [3.05, 3.63) is 16.0 Å². The fourth-order valence-corrected chi connectivity index (χ4v) is 4.31.